The molecule has 0 aliphatic rings. The van der Waals surface area contributed by atoms with Crippen molar-refractivity contribution in [3.8, 4) is 0 Å². The Kier molecular flexibility index (Phi) is 5.80. The molecule has 1 unspecified atom stereocenters. The third-order valence-corrected chi connectivity index (χ3v) is 3.49. The lowest BCUT2D eigenvalue weighted by Crippen LogP contribution is -2.30. The van der Waals surface area contributed by atoms with Gasteiger partial charge in [-0.3, -0.25) is 9.59 Å². The highest BCUT2D eigenvalue weighted by atomic mass is 19.4. The molecule has 7 heteroatoms. The van der Waals surface area contributed by atoms with Crippen LogP contribution in [0.3, 0.4) is 0 Å². The number of alkyl halides is 3. The molecule has 0 heterocycles. The number of rotatable bonds is 5. The number of carbonyl (C=O) groups is 2. The summed E-state index contributed by atoms with van der Waals surface area (Å²) in [7, 11) is 0. The summed E-state index contributed by atoms with van der Waals surface area (Å²) in [4.78, 5) is 23.7. The summed E-state index contributed by atoms with van der Waals surface area (Å²) in [6.07, 6.45) is -4.85. The molecule has 0 spiro atoms. The first kappa shape index (κ1) is 18.5. The molecule has 0 aromatic heterocycles. The number of nitrogens with one attached hydrogen (secondary N) is 2. The van der Waals surface area contributed by atoms with Crippen molar-refractivity contribution < 1.29 is 22.8 Å². The van der Waals surface area contributed by atoms with Crippen molar-refractivity contribution in [1.29, 1.82) is 0 Å². The Hall–Kier alpha value is -2.83. The van der Waals surface area contributed by atoms with Crippen LogP contribution in [0.25, 0.3) is 0 Å². The Balaban J connectivity index is 1.86. The Morgan fingerprint density at radius 2 is 1.56 bits per heavy atom. The zero-order valence-electron chi connectivity index (χ0n) is 13.4. The van der Waals surface area contributed by atoms with Crippen LogP contribution in [-0.2, 0) is 15.8 Å². The molecule has 0 saturated heterocycles. The van der Waals surface area contributed by atoms with Gasteiger partial charge in [0.05, 0.1) is 11.6 Å². The topological polar surface area (TPSA) is 58.2 Å². The van der Waals surface area contributed by atoms with Gasteiger partial charge in [0.1, 0.15) is 6.42 Å². The SMILES string of the molecule is CC(NC(=O)CC(=O)Nc1ccc(C(F)(F)F)cc1)c1ccccc1. The summed E-state index contributed by atoms with van der Waals surface area (Å²) >= 11 is 0. The average molecular weight is 350 g/mol. The summed E-state index contributed by atoms with van der Waals surface area (Å²) in [6.45, 7) is 1.79. The molecule has 25 heavy (non-hydrogen) atoms. The van der Waals surface area contributed by atoms with E-state index in [1.807, 2.05) is 30.3 Å². The molecule has 2 aromatic carbocycles. The molecule has 0 bridgehead atoms. The zero-order chi connectivity index (χ0) is 18.4. The number of benzene rings is 2. The van der Waals surface area contributed by atoms with E-state index in [9.17, 15) is 22.8 Å². The van der Waals surface area contributed by atoms with Crippen LogP contribution in [0.4, 0.5) is 18.9 Å². The Morgan fingerprint density at radius 3 is 2.12 bits per heavy atom. The minimum atomic E-state index is -4.43. The number of amides is 2. The highest BCUT2D eigenvalue weighted by molar-refractivity contribution is 6.03. The van der Waals surface area contributed by atoms with Crippen molar-refractivity contribution in [1.82, 2.24) is 5.32 Å². The van der Waals surface area contributed by atoms with E-state index < -0.39 is 30.0 Å². The van der Waals surface area contributed by atoms with Crippen LogP contribution in [-0.4, -0.2) is 11.8 Å². The van der Waals surface area contributed by atoms with E-state index in [1.54, 1.807) is 6.92 Å². The third kappa shape index (κ3) is 5.63. The van der Waals surface area contributed by atoms with Crippen molar-refractivity contribution in [2.24, 2.45) is 0 Å². The molecule has 132 valence electrons. The van der Waals surface area contributed by atoms with Gasteiger partial charge in [0.25, 0.3) is 0 Å². The molecule has 1 atom stereocenters. The molecule has 0 aliphatic heterocycles. The monoisotopic (exact) mass is 350 g/mol. The summed E-state index contributed by atoms with van der Waals surface area (Å²) < 4.78 is 37.4. The van der Waals surface area contributed by atoms with E-state index in [2.05, 4.69) is 10.6 Å². The van der Waals surface area contributed by atoms with Crippen molar-refractivity contribution in [2.45, 2.75) is 25.6 Å². The van der Waals surface area contributed by atoms with Crippen LogP contribution >= 0.6 is 0 Å². The smallest absolute Gasteiger partial charge is 0.349 e. The molecule has 4 nitrogen and oxygen atoms in total. The highest BCUT2D eigenvalue weighted by Crippen LogP contribution is 2.29. The predicted octanol–water partition coefficient (Wildman–Crippen LogP) is 3.91. The van der Waals surface area contributed by atoms with Crippen LogP contribution in [0.2, 0.25) is 0 Å². The number of hydrogen-bond acceptors (Lipinski definition) is 2. The van der Waals surface area contributed by atoms with Gasteiger partial charge in [0, 0.05) is 5.69 Å². The van der Waals surface area contributed by atoms with Crippen molar-refractivity contribution in [2.75, 3.05) is 5.32 Å². The van der Waals surface area contributed by atoms with Gasteiger partial charge in [0.2, 0.25) is 11.8 Å². The molecule has 0 fully saturated rings. The predicted molar refractivity (Wildman–Crippen MR) is 87.7 cm³/mol. The number of anilines is 1. The van der Waals surface area contributed by atoms with Gasteiger partial charge in [-0.1, -0.05) is 30.3 Å². The summed E-state index contributed by atoms with van der Waals surface area (Å²) in [5.41, 5.74) is 0.292. The third-order valence-electron chi connectivity index (χ3n) is 3.49. The highest BCUT2D eigenvalue weighted by Gasteiger charge is 2.30. The van der Waals surface area contributed by atoms with Crippen LogP contribution in [0.5, 0.6) is 0 Å². The van der Waals surface area contributed by atoms with Gasteiger partial charge in [-0.15, -0.1) is 0 Å². The quantitative estimate of drug-likeness (QED) is 0.803. The Morgan fingerprint density at radius 1 is 0.960 bits per heavy atom. The molecule has 2 rings (SSSR count). The van der Waals surface area contributed by atoms with Crippen LogP contribution in [0.15, 0.2) is 54.6 Å². The zero-order valence-corrected chi connectivity index (χ0v) is 13.4. The van der Waals surface area contributed by atoms with E-state index in [4.69, 9.17) is 0 Å². The van der Waals surface area contributed by atoms with Gasteiger partial charge in [0.15, 0.2) is 0 Å². The van der Waals surface area contributed by atoms with Gasteiger partial charge >= 0.3 is 6.18 Å². The average Bonchev–Trinajstić information content (AvgIpc) is 2.55. The Labute approximate surface area is 143 Å². The van der Waals surface area contributed by atoms with E-state index in [0.717, 1.165) is 29.8 Å². The van der Waals surface area contributed by atoms with Crippen molar-refractivity contribution in [3.63, 3.8) is 0 Å². The molecule has 0 aliphatic carbocycles. The van der Waals surface area contributed by atoms with Gasteiger partial charge < -0.3 is 10.6 Å². The number of halogens is 3. The minimum Gasteiger partial charge on any atom is -0.349 e. The van der Waals surface area contributed by atoms with E-state index in [1.165, 1.54) is 0 Å². The first-order chi connectivity index (χ1) is 11.8. The maximum atomic E-state index is 12.5. The molecule has 2 aromatic rings. The van der Waals surface area contributed by atoms with Crippen molar-refractivity contribution >= 4 is 17.5 Å². The fourth-order valence-corrected chi connectivity index (χ4v) is 2.21. The lowest BCUT2D eigenvalue weighted by atomic mass is 10.1. The van der Waals surface area contributed by atoms with E-state index in [-0.39, 0.29) is 11.7 Å². The van der Waals surface area contributed by atoms with Crippen molar-refractivity contribution in [3.05, 3.63) is 65.7 Å². The lowest BCUT2D eigenvalue weighted by Gasteiger charge is -2.14. The largest absolute Gasteiger partial charge is 0.416 e. The Bertz CT molecular complexity index is 728. The summed E-state index contributed by atoms with van der Waals surface area (Å²) in [5.74, 6) is -1.07. The fraction of sp³-hybridized carbons (Fsp3) is 0.222. The molecular formula is C18H17F3N2O2. The van der Waals surface area contributed by atoms with Gasteiger partial charge in [-0.05, 0) is 36.8 Å². The van der Waals surface area contributed by atoms with Crippen LogP contribution in [0.1, 0.15) is 30.5 Å². The molecule has 2 N–H and O–H groups in total. The van der Waals surface area contributed by atoms with Gasteiger partial charge in [-0.2, -0.15) is 13.2 Å². The number of hydrogen-bond donors (Lipinski definition) is 2. The van der Waals surface area contributed by atoms with E-state index in [0.29, 0.717) is 0 Å². The van der Waals surface area contributed by atoms with Crippen LogP contribution in [0, 0.1) is 0 Å². The first-order valence-corrected chi connectivity index (χ1v) is 7.57. The van der Waals surface area contributed by atoms with E-state index >= 15 is 0 Å². The van der Waals surface area contributed by atoms with Gasteiger partial charge in [-0.25, -0.2) is 0 Å². The minimum absolute atomic E-state index is 0.196. The standard InChI is InChI=1S/C18H17F3N2O2/c1-12(13-5-3-2-4-6-13)22-16(24)11-17(25)23-15-9-7-14(8-10-15)18(19,20)21/h2-10,12H,11H2,1H3,(H,22,24)(H,23,25). The molecule has 0 saturated carbocycles. The summed E-state index contributed by atoms with van der Waals surface area (Å²) in [6, 6.07) is 13.0. The first-order valence-electron chi connectivity index (χ1n) is 7.57. The second-order valence-corrected chi connectivity index (χ2v) is 5.50. The molecule has 0 radical (unpaired) electrons. The number of carbonyl (C=O) groups excluding carboxylic acids is 2. The normalized spacial score (nSPS) is 12.3. The fourth-order valence-electron chi connectivity index (χ4n) is 2.21. The van der Waals surface area contributed by atoms with Crippen LogP contribution < -0.4 is 10.6 Å². The second kappa shape index (κ2) is 7.83. The maximum absolute atomic E-state index is 12.5. The maximum Gasteiger partial charge on any atom is 0.416 e. The summed E-state index contributed by atoms with van der Waals surface area (Å²) in [5, 5.41) is 5.09. The molecule has 2 amide bonds. The second-order valence-electron chi connectivity index (χ2n) is 5.50. The molecular weight excluding hydrogens is 333 g/mol. The lowest BCUT2D eigenvalue weighted by molar-refractivity contribution is -0.137.